The maximum absolute atomic E-state index is 12.5. The predicted molar refractivity (Wildman–Crippen MR) is 122 cm³/mol. The van der Waals surface area contributed by atoms with Crippen molar-refractivity contribution in [2.24, 2.45) is 0 Å². The van der Waals surface area contributed by atoms with E-state index in [1.807, 2.05) is 61.5 Å². The summed E-state index contributed by atoms with van der Waals surface area (Å²) in [6, 6.07) is 24.2. The number of carbonyl (C=O) groups excluding carboxylic acids is 2. The van der Waals surface area contributed by atoms with Crippen LogP contribution in [0.3, 0.4) is 0 Å². The molecule has 0 fully saturated rings. The minimum Gasteiger partial charge on any atom is -0.497 e. The van der Waals surface area contributed by atoms with Crippen molar-refractivity contribution >= 4 is 17.5 Å². The van der Waals surface area contributed by atoms with Gasteiger partial charge in [0.2, 0.25) is 5.91 Å². The van der Waals surface area contributed by atoms with E-state index in [1.54, 1.807) is 31.4 Å². The molecule has 0 saturated carbocycles. The summed E-state index contributed by atoms with van der Waals surface area (Å²) in [5.41, 5.74) is 3.29. The Hall–Kier alpha value is -3.64. The standard InChI is InChI=1S/C25H27N3O3/c1-18(20-6-4-3-5-7-20)27-25(30)21-10-12-22(13-11-21)28-24(29)17-26-16-19-8-14-23(31-2)15-9-19/h3-15,18,26H,16-17H2,1-2H3,(H,27,30)(H,28,29). The molecule has 1 atom stereocenters. The average molecular weight is 418 g/mol. The maximum atomic E-state index is 12.5. The molecule has 6 nitrogen and oxygen atoms in total. The zero-order chi connectivity index (χ0) is 22.1. The summed E-state index contributed by atoms with van der Waals surface area (Å²) in [7, 11) is 1.63. The summed E-state index contributed by atoms with van der Waals surface area (Å²) in [5, 5.41) is 8.91. The van der Waals surface area contributed by atoms with Gasteiger partial charge in [0.25, 0.3) is 5.91 Å². The summed E-state index contributed by atoms with van der Waals surface area (Å²) in [4.78, 5) is 24.6. The van der Waals surface area contributed by atoms with Gasteiger partial charge >= 0.3 is 0 Å². The third-order valence-electron chi connectivity index (χ3n) is 4.85. The maximum Gasteiger partial charge on any atom is 0.251 e. The van der Waals surface area contributed by atoms with Gasteiger partial charge in [-0.2, -0.15) is 0 Å². The highest BCUT2D eigenvalue weighted by atomic mass is 16.5. The summed E-state index contributed by atoms with van der Waals surface area (Å²) < 4.78 is 5.13. The molecule has 2 amide bonds. The molecular weight excluding hydrogens is 390 g/mol. The minimum absolute atomic E-state index is 0.0927. The first-order valence-electron chi connectivity index (χ1n) is 10.1. The van der Waals surface area contributed by atoms with E-state index in [1.165, 1.54) is 0 Å². The normalized spacial score (nSPS) is 11.4. The SMILES string of the molecule is COc1ccc(CNCC(=O)Nc2ccc(C(=O)NC(C)c3ccccc3)cc2)cc1. The van der Waals surface area contributed by atoms with Gasteiger partial charge in [0.1, 0.15) is 5.75 Å². The number of ether oxygens (including phenoxy) is 1. The molecule has 0 aromatic heterocycles. The summed E-state index contributed by atoms with van der Waals surface area (Å²) in [6.07, 6.45) is 0. The van der Waals surface area contributed by atoms with E-state index in [-0.39, 0.29) is 24.4 Å². The van der Waals surface area contributed by atoms with E-state index in [9.17, 15) is 9.59 Å². The number of carbonyl (C=O) groups is 2. The monoisotopic (exact) mass is 417 g/mol. The lowest BCUT2D eigenvalue weighted by Gasteiger charge is -2.14. The molecule has 3 N–H and O–H groups in total. The van der Waals surface area contributed by atoms with Gasteiger partial charge in [-0.15, -0.1) is 0 Å². The highest BCUT2D eigenvalue weighted by molar-refractivity contribution is 5.96. The third-order valence-corrected chi connectivity index (χ3v) is 4.85. The number of amides is 2. The van der Waals surface area contributed by atoms with Crippen LogP contribution in [0.25, 0.3) is 0 Å². The Balaban J connectivity index is 1.44. The van der Waals surface area contributed by atoms with E-state index in [4.69, 9.17) is 4.74 Å². The van der Waals surface area contributed by atoms with Crippen LogP contribution in [-0.4, -0.2) is 25.5 Å². The molecule has 0 aliphatic heterocycles. The van der Waals surface area contributed by atoms with Gasteiger partial charge in [0.15, 0.2) is 0 Å². The number of methoxy groups -OCH3 is 1. The number of rotatable bonds is 9. The molecule has 0 radical (unpaired) electrons. The van der Waals surface area contributed by atoms with Crippen LogP contribution in [0.2, 0.25) is 0 Å². The number of anilines is 1. The van der Waals surface area contributed by atoms with Crippen LogP contribution in [0.1, 0.15) is 34.5 Å². The second-order valence-corrected chi connectivity index (χ2v) is 7.18. The summed E-state index contributed by atoms with van der Waals surface area (Å²) in [6.45, 7) is 2.71. The second kappa shape index (κ2) is 10.9. The van der Waals surface area contributed by atoms with Crippen molar-refractivity contribution in [3.05, 3.63) is 95.6 Å². The van der Waals surface area contributed by atoms with E-state index >= 15 is 0 Å². The number of nitrogens with one attached hydrogen (secondary N) is 3. The fourth-order valence-corrected chi connectivity index (χ4v) is 3.08. The van der Waals surface area contributed by atoms with Gasteiger partial charge in [0.05, 0.1) is 19.7 Å². The van der Waals surface area contributed by atoms with E-state index in [0.717, 1.165) is 16.9 Å². The van der Waals surface area contributed by atoms with Gasteiger partial charge in [-0.1, -0.05) is 42.5 Å². The van der Waals surface area contributed by atoms with Crippen molar-refractivity contribution in [3.8, 4) is 5.75 Å². The molecule has 0 spiro atoms. The smallest absolute Gasteiger partial charge is 0.251 e. The van der Waals surface area contributed by atoms with Crippen molar-refractivity contribution in [2.75, 3.05) is 19.0 Å². The first-order valence-corrected chi connectivity index (χ1v) is 10.1. The molecule has 0 aliphatic rings. The Kier molecular flexibility index (Phi) is 7.79. The molecule has 6 heteroatoms. The van der Waals surface area contributed by atoms with Crippen molar-refractivity contribution in [1.82, 2.24) is 10.6 Å². The van der Waals surface area contributed by atoms with Crippen LogP contribution in [0.15, 0.2) is 78.9 Å². The van der Waals surface area contributed by atoms with E-state index in [0.29, 0.717) is 17.8 Å². The lowest BCUT2D eigenvalue weighted by atomic mass is 10.1. The highest BCUT2D eigenvalue weighted by Gasteiger charge is 2.11. The van der Waals surface area contributed by atoms with Gasteiger partial charge in [-0.05, 0) is 54.4 Å². The van der Waals surface area contributed by atoms with Gasteiger partial charge in [-0.3, -0.25) is 9.59 Å². The number of benzene rings is 3. The van der Waals surface area contributed by atoms with Crippen LogP contribution in [-0.2, 0) is 11.3 Å². The minimum atomic E-state index is -0.157. The van der Waals surface area contributed by atoms with E-state index < -0.39 is 0 Å². The van der Waals surface area contributed by atoms with Gasteiger partial charge in [0, 0.05) is 17.8 Å². The molecule has 0 saturated heterocycles. The Morgan fingerprint density at radius 3 is 2.23 bits per heavy atom. The van der Waals surface area contributed by atoms with Gasteiger partial charge < -0.3 is 20.7 Å². The van der Waals surface area contributed by atoms with Crippen LogP contribution in [0.4, 0.5) is 5.69 Å². The molecular formula is C25H27N3O3. The number of hydrogen-bond donors (Lipinski definition) is 3. The fourth-order valence-electron chi connectivity index (χ4n) is 3.08. The molecule has 0 bridgehead atoms. The largest absolute Gasteiger partial charge is 0.497 e. The molecule has 3 aromatic carbocycles. The molecule has 31 heavy (non-hydrogen) atoms. The lowest BCUT2D eigenvalue weighted by molar-refractivity contribution is -0.115. The molecule has 0 heterocycles. The molecule has 160 valence electrons. The first kappa shape index (κ1) is 22.1. The Labute approximate surface area is 182 Å². The quantitative estimate of drug-likeness (QED) is 0.493. The van der Waals surface area contributed by atoms with Crippen molar-refractivity contribution in [1.29, 1.82) is 0 Å². The van der Waals surface area contributed by atoms with Crippen molar-refractivity contribution in [2.45, 2.75) is 19.5 Å². The first-order chi connectivity index (χ1) is 15.0. The van der Waals surface area contributed by atoms with Crippen LogP contribution in [0, 0.1) is 0 Å². The Morgan fingerprint density at radius 2 is 1.58 bits per heavy atom. The number of hydrogen-bond acceptors (Lipinski definition) is 4. The van der Waals surface area contributed by atoms with E-state index in [2.05, 4.69) is 16.0 Å². The molecule has 3 aromatic rings. The molecule has 3 rings (SSSR count). The van der Waals surface area contributed by atoms with Crippen molar-refractivity contribution in [3.63, 3.8) is 0 Å². The van der Waals surface area contributed by atoms with Crippen molar-refractivity contribution < 1.29 is 14.3 Å². The molecule has 1 unspecified atom stereocenters. The summed E-state index contributed by atoms with van der Waals surface area (Å²) in [5.74, 6) is 0.493. The predicted octanol–water partition coefficient (Wildman–Crippen LogP) is 3.91. The highest BCUT2D eigenvalue weighted by Crippen LogP contribution is 2.14. The molecule has 0 aliphatic carbocycles. The zero-order valence-corrected chi connectivity index (χ0v) is 17.7. The topological polar surface area (TPSA) is 79.5 Å². The van der Waals surface area contributed by atoms with Crippen LogP contribution >= 0.6 is 0 Å². The lowest BCUT2D eigenvalue weighted by Crippen LogP contribution is -2.28. The fraction of sp³-hybridized carbons (Fsp3) is 0.200. The zero-order valence-electron chi connectivity index (χ0n) is 17.7. The Bertz CT molecular complexity index is 987. The Morgan fingerprint density at radius 1 is 0.903 bits per heavy atom. The third kappa shape index (κ3) is 6.69. The van der Waals surface area contributed by atoms with Gasteiger partial charge in [-0.25, -0.2) is 0 Å². The van der Waals surface area contributed by atoms with Crippen LogP contribution < -0.4 is 20.7 Å². The summed E-state index contributed by atoms with van der Waals surface area (Å²) >= 11 is 0. The van der Waals surface area contributed by atoms with Crippen LogP contribution in [0.5, 0.6) is 5.75 Å². The second-order valence-electron chi connectivity index (χ2n) is 7.18. The average Bonchev–Trinajstić information content (AvgIpc) is 2.80.